The summed E-state index contributed by atoms with van der Waals surface area (Å²) in [7, 11) is 0. The van der Waals surface area contributed by atoms with Gasteiger partial charge >= 0.3 is 0 Å². The van der Waals surface area contributed by atoms with Gasteiger partial charge in [-0.05, 0) is 18.8 Å². The summed E-state index contributed by atoms with van der Waals surface area (Å²) < 4.78 is 5.37. The number of aromatic nitrogens is 2. The Hall–Kier alpha value is -1.36. The summed E-state index contributed by atoms with van der Waals surface area (Å²) in [5.74, 6) is 0.540. The molecule has 0 bridgehead atoms. The minimum atomic E-state index is -0.181. The van der Waals surface area contributed by atoms with Crippen LogP contribution in [0.3, 0.4) is 0 Å². The van der Waals surface area contributed by atoms with Gasteiger partial charge < -0.3 is 10.1 Å². The largest absolute Gasteiger partial charge is 0.383 e. The van der Waals surface area contributed by atoms with E-state index in [1.165, 1.54) is 12.5 Å². The monoisotopic (exact) mass is 209 g/mol. The van der Waals surface area contributed by atoms with E-state index in [0.29, 0.717) is 5.92 Å². The second-order valence-electron chi connectivity index (χ2n) is 3.80. The Morgan fingerprint density at radius 1 is 1.67 bits per heavy atom. The third kappa shape index (κ3) is 3.06. The topological polar surface area (TPSA) is 67.0 Å². The van der Waals surface area contributed by atoms with Crippen molar-refractivity contribution in [3.8, 4) is 0 Å². The van der Waals surface area contributed by atoms with Crippen LogP contribution in [-0.4, -0.2) is 30.0 Å². The molecule has 0 amide bonds. The summed E-state index contributed by atoms with van der Waals surface area (Å²) in [5, 5.41) is 9.25. The van der Waals surface area contributed by atoms with E-state index in [1.54, 1.807) is 6.20 Å². The molecule has 0 aliphatic carbocycles. The van der Waals surface area contributed by atoms with E-state index in [9.17, 15) is 4.79 Å². The lowest BCUT2D eigenvalue weighted by Gasteiger charge is -2.22. The molecule has 82 valence electrons. The molecule has 1 fully saturated rings. The molecule has 2 heterocycles. The number of nitrogens with zero attached hydrogens (tertiary/aromatic N) is 1. The van der Waals surface area contributed by atoms with E-state index in [-0.39, 0.29) is 5.56 Å². The molecule has 15 heavy (non-hydrogen) atoms. The second kappa shape index (κ2) is 4.93. The number of nitrogens with one attached hydrogen (secondary N) is 2. The molecule has 0 spiro atoms. The van der Waals surface area contributed by atoms with Crippen molar-refractivity contribution in [2.24, 2.45) is 5.92 Å². The standard InChI is InChI=1S/C10H15N3O2/c14-10-4-9(6-12-13-10)11-5-8-2-1-3-15-7-8/h4,6,8H,1-3,5,7H2,(H2,11,13,14). The number of anilines is 1. The first-order chi connectivity index (χ1) is 7.34. The molecule has 0 saturated carbocycles. The molecule has 0 aromatic carbocycles. The van der Waals surface area contributed by atoms with Crippen LogP contribution in [0.15, 0.2) is 17.1 Å². The predicted molar refractivity (Wildman–Crippen MR) is 56.9 cm³/mol. The lowest BCUT2D eigenvalue weighted by molar-refractivity contribution is 0.0595. The van der Waals surface area contributed by atoms with Gasteiger partial charge in [-0.2, -0.15) is 5.10 Å². The third-order valence-corrected chi connectivity index (χ3v) is 2.51. The summed E-state index contributed by atoms with van der Waals surface area (Å²) in [5.41, 5.74) is 0.587. The highest BCUT2D eigenvalue weighted by Crippen LogP contribution is 2.13. The Kier molecular flexibility index (Phi) is 3.34. The predicted octanol–water partition coefficient (Wildman–Crippen LogP) is 0.608. The van der Waals surface area contributed by atoms with Crippen molar-refractivity contribution in [3.05, 3.63) is 22.6 Å². The molecule has 5 nitrogen and oxygen atoms in total. The van der Waals surface area contributed by atoms with Crippen molar-refractivity contribution < 1.29 is 4.74 Å². The van der Waals surface area contributed by atoms with E-state index in [0.717, 1.165) is 31.9 Å². The minimum Gasteiger partial charge on any atom is -0.383 e. The third-order valence-electron chi connectivity index (χ3n) is 2.51. The number of H-pyrrole nitrogens is 1. The highest BCUT2D eigenvalue weighted by molar-refractivity contribution is 5.38. The highest BCUT2D eigenvalue weighted by atomic mass is 16.5. The fourth-order valence-electron chi connectivity index (χ4n) is 1.70. The normalized spacial score (nSPS) is 21.2. The van der Waals surface area contributed by atoms with Gasteiger partial charge in [0.15, 0.2) is 0 Å². The van der Waals surface area contributed by atoms with Gasteiger partial charge in [-0.3, -0.25) is 4.79 Å². The van der Waals surface area contributed by atoms with Crippen LogP contribution in [0.25, 0.3) is 0 Å². The number of hydrogen-bond acceptors (Lipinski definition) is 4. The van der Waals surface area contributed by atoms with Gasteiger partial charge in [0.2, 0.25) is 0 Å². The Morgan fingerprint density at radius 2 is 2.60 bits per heavy atom. The average Bonchev–Trinajstić information content (AvgIpc) is 2.28. The molecule has 1 aromatic rings. The van der Waals surface area contributed by atoms with Crippen LogP contribution in [-0.2, 0) is 4.74 Å². The van der Waals surface area contributed by atoms with Crippen LogP contribution in [0.1, 0.15) is 12.8 Å². The van der Waals surface area contributed by atoms with E-state index >= 15 is 0 Å². The molecule has 1 unspecified atom stereocenters. The maximum atomic E-state index is 11.0. The van der Waals surface area contributed by atoms with Gasteiger partial charge in [0, 0.05) is 19.2 Å². The molecular formula is C10H15N3O2. The van der Waals surface area contributed by atoms with Crippen molar-refractivity contribution in [2.45, 2.75) is 12.8 Å². The lowest BCUT2D eigenvalue weighted by atomic mass is 10.0. The zero-order valence-electron chi connectivity index (χ0n) is 8.53. The summed E-state index contributed by atoms with van der Waals surface area (Å²) >= 11 is 0. The first-order valence-corrected chi connectivity index (χ1v) is 5.21. The maximum Gasteiger partial charge on any atom is 0.266 e. The molecule has 1 aliphatic heterocycles. The SMILES string of the molecule is O=c1cc(NCC2CCCOC2)cn[nH]1. The zero-order valence-corrected chi connectivity index (χ0v) is 8.53. The number of hydrogen-bond donors (Lipinski definition) is 2. The van der Waals surface area contributed by atoms with E-state index in [1.807, 2.05) is 0 Å². The molecule has 1 aliphatic rings. The van der Waals surface area contributed by atoms with E-state index in [2.05, 4.69) is 15.5 Å². The second-order valence-corrected chi connectivity index (χ2v) is 3.80. The molecule has 1 aromatic heterocycles. The van der Waals surface area contributed by atoms with Gasteiger partial charge in [-0.1, -0.05) is 0 Å². The number of ether oxygens (including phenoxy) is 1. The van der Waals surface area contributed by atoms with Gasteiger partial charge in [-0.15, -0.1) is 0 Å². The molecule has 5 heteroatoms. The summed E-state index contributed by atoms with van der Waals surface area (Å²) in [6.45, 7) is 2.53. The van der Waals surface area contributed by atoms with Crippen LogP contribution in [0.2, 0.25) is 0 Å². The maximum absolute atomic E-state index is 11.0. The van der Waals surface area contributed by atoms with Gasteiger partial charge in [-0.25, -0.2) is 5.10 Å². The molecule has 0 radical (unpaired) electrons. The first-order valence-electron chi connectivity index (χ1n) is 5.21. The summed E-state index contributed by atoms with van der Waals surface area (Å²) in [4.78, 5) is 11.0. The quantitative estimate of drug-likeness (QED) is 0.765. The van der Waals surface area contributed by atoms with Gasteiger partial charge in [0.05, 0.1) is 18.5 Å². The smallest absolute Gasteiger partial charge is 0.266 e. The number of aromatic amines is 1. The molecule has 2 rings (SSSR count). The Labute approximate surface area is 87.8 Å². The Bertz CT molecular complexity index is 358. The number of rotatable bonds is 3. The van der Waals surface area contributed by atoms with E-state index < -0.39 is 0 Å². The average molecular weight is 209 g/mol. The van der Waals surface area contributed by atoms with Crippen LogP contribution in [0.5, 0.6) is 0 Å². The van der Waals surface area contributed by atoms with Crippen LogP contribution < -0.4 is 10.9 Å². The van der Waals surface area contributed by atoms with Crippen molar-refractivity contribution in [1.82, 2.24) is 10.2 Å². The van der Waals surface area contributed by atoms with Crippen LogP contribution in [0, 0.1) is 5.92 Å². The Balaban J connectivity index is 1.84. The molecule has 1 saturated heterocycles. The van der Waals surface area contributed by atoms with E-state index in [4.69, 9.17) is 4.74 Å². The zero-order chi connectivity index (χ0) is 10.5. The minimum absolute atomic E-state index is 0.181. The summed E-state index contributed by atoms with van der Waals surface area (Å²) in [6.07, 6.45) is 3.93. The fourth-order valence-corrected chi connectivity index (χ4v) is 1.70. The van der Waals surface area contributed by atoms with Gasteiger partial charge in [0.1, 0.15) is 0 Å². The lowest BCUT2D eigenvalue weighted by Crippen LogP contribution is -2.24. The first kappa shape index (κ1) is 10.2. The summed E-state index contributed by atoms with van der Waals surface area (Å²) in [6, 6.07) is 1.51. The molecule has 2 N–H and O–H groups in total. The Morgan fingerprint density at radius 3 is 3.33 bits per heavy atom. The van der Waals surface area contributed by atoms with Crippen LogP contribution >= 0.6 is 0 Å². The van der Waals surface area contributed by atoms with Crippen molar-refractivity contribution in [3.63, 3.8) is 0 Å². The van der Waals surface area contributed by atoms with Crippen molar-refractivity contribution in [2.75, 3.05) is 25.1 Å². The molecular weight excluding hydrogens is 194 g/mol. The van der Waals surface area contributed by atoms with Gasteiger partial charge in [0.25, 0.3) is 5.56 Å². The van der Waals surface area contributed by atoms with Crippen LogP contribution in [0.4, 0.5) is 5.69 Å². The fraction of sp³-hybridized carbons (Fsp3) is 0.600. The molecule has 1 atom stereocenters. The van der Waals surface area contributed by atoms with Crippen molar-refractivity contribution >= 4 is 5.69 Å². The van der Waals surface area contributed by atoms with Crippen molar-refractivity contribution in [1.29, 1.82) is 0 Å². The highest BCUT2D eigenvalue weighted by Gasteiger charge is 2.13.